The molecular weight excluding hydrogens is 312 g/mol. The number of piperidine rings is 2. The zero-order valence-electron chi connectivity index (χ0n) is 15.1. The summed E-state index contributed by atoms with van der Waals surface area (Å²) in [6.07, 6.45) is 6.23. The molecule has 1 amide bonds. The SMILES string of the molecule is C=CCN1CC2(CCC1=O)CCN(CC[C@@H](O)c1ccccc1)CC2. The predicted molar refractivity (Wildman–Crippen MR) is 100 cm³/mol. The number of nitrogens with zero attached hydrogens (tertiary/aromatic N) is 2. The summed E-state index contributed by atoms with van der Waals surface area (Å²) in [7, 11) is 0. The fourth-order valence-electron chi connectivity index (χ4n) is 4.23. The molecule has 2 heterocycles. The Hall–Kier alpha value is -1.65. The molecule has 0 unspecified atom stereocenters. The molecule has 0 radical (unpaired) electrons. The van der Waals surface area contributed by atoms with E-state index >= 15 is 0 Å². The van der Waals surface area contributed by atoms with Crippen LogP contribution in [0.15, 0.2) is 43.0 Å². The van der Waals surface area contributed by atoms with E-state index in [1.807, 2.05) is 41.3 Å². The summed E-state index contributed by atoms with van der Waals surface area (Å²) in [5.74, 6) is 0.277. The lowest BCUT2D eigenvalue weighted by Crippen LogP contribution is -2.51. The molecule has 0 aromatic heterocycles. The number of carbonyl (C=O) groups is 1. The molecule has 0 aliphatic carbocycles. The lowest BCUT2D eigenvalue weighted by atomic mass is 9.72. The molecule has 0 bridgehead atoms. The molecule has 4 nitrogen and oxygen atoms in total. The van der Waals surface area contributed by atoms with Gasteiger partial charge in [0.1, 0.15) is 0 Å². The van der Waals surface area contributed by atoms with Gasteiger partial charge in [0.15, 0.2) is 0 Å². The van der Waals surface area contributed by atoms with Crippen LogP contribution in [0.5, 0.6) is 0 Å². The van der Waals surface area contributed by atoms with Crippen molar-refractivity contribution in [2.75, 3.05) is 32.7 Å². The lowest BCUT2D eigenvalue weighted by molar-refractivity contribution is -0.138. The maximum absolute atomic E-state index is 12.0. The fraction of sp³-hybridized carbons (Fsp3) is 0.571. The highest BCUT2D eigenvalue weighted by Gasteiger charge is 2.40. The van der Waals surface area contributed by atoms with E-state index in [4.69, 9.17) is 0 Å². The van der Waals surface area contributed by atoms with Gasteiger partial charge in [-0.15, -0.1) is 6.58 Å². The summed E-state index contributed by atoms with van der Waals surface area (Å²) in [5, 5.41) is 10.3. The topological polar surface area (TPSA) is 43.8 Å². The van der Waals surface area contributed by atoms with E-state index in [9.17, 15) is 9.90 Å². The Balaban J connectivity index is 1.47. The minimum atomic E-state index is -0.382. The highest BCUT2D eigenvalue weighted by Crippen LogP contribution is 2.40. The average molecular weight is 342 g/mol. The van der Waals surface area contributed by atoms with Crippen LogP contribution in [-0.4, -0.2) is 53.5 Å². The first-order valence-corrected chi connectivity index (χ1v) is 9.46. The van der Waals surface area contributed by atoms with E-state index in [1.165, 1.54) is 0 Å². The zero-order valence-corrected chi connectivity index (χ0v) is 15.1. The van der Waals surface area contributed by atoms with Crippen LogP contribution in [0.3, 0.4) is 0 Å². The van der Waals surface area contributed by atoms with Crippen molar-refractivity contribution in [3.8, 4) is 0 Å². The lowest BCUT2D eigenvalue weighted by Gasteiger charge is -2.47. The first-order chi connectivity index (χ1) is 12.1. The fourth-order valence-corrected chi connectivity index (χ4v) is 4.23. The van der Waals surface area contributed by atoms with Crippen molar-refractivity contribution in [2.45, 2.75) is 38.2 Å². The van der Waals surface area contributed by atoms with Gasteiger partial charge in [-0.2, -0.15) is 0 Å². The van der Waals surface area contributed by atoms with Crippen molar-refractivity contribution in [2.24, 2.45) is 5.41 Å². The summed E-state index contributed by atoms with van der Waals surface area (Å²) in [5.41, 5.74) is 1.30. The van der Waals surface area contributed by atoms with Gasteiger partial charge in [-0.3, -0.25) is 4.79 Å². The first kappa shape index (κ1) is 18.2. The van der Waals surface area contributed by atoms with Crippen molar-refractivity contribution in [3.63, 3.8) is 0 Å². The van der Waals surface area contributed by atoms with Crippen molar-refractivity contribution in [1.82, 2.24) is 9.80 Å². The van der Waals surface area contributed by atoms with Crippen molar-refractivity contribution in [3.05, 3.63) is 48.6 Å². The molecule has 1 aromatic rings. The normalized spacial score (nSPS) is 22.1. The maximum atomic E-state index is 12.0. The Morgan fingerprint density at radius 3 is 2.60 bits per heavy atom. The highest BCUT2D eigenvalue weighted by molar-refractivity contribution is 5.77. The van der Waals surface area contributed by atoms with Gasteiger partial charge in [0.2, 0.25) is 5.91 Å². The third-order valence-electron chi connectivity index (χ3n) is 5.92. The van der Waals surface area contributed by atoms with Gasteiger partial charge in [0, 0.05) is 26.1 Å². The van der Waals surface area contributed by atoms with Crippen LogP contribution in [0.1, 0.15) is 43.8 Å². The number of aliphatic hydroxyl groups excluding tert-OH is 1. The highest BCUT2D eigenvalue weighted by atomic mass is 16.3. The number of likely N-dealkylation sites (tertiary alicyclic amines) is 2. The number of aliphatic hydroxyl groups is 1. The molecule has 25 heavy (non-hydrogen) atoms. The molecule has 3 rings (SSSR count). The smallest absolute Gasteiger partial charge is 0.222 e. The molecule has 2 saturated heterocycles. The predicted octanol–water partition coefficient (Wildman–Crippen LogP) is 3.00. The van der Waals surface area contributed by atoms with Gasteiger partial charge in [0.05, 0.1) is 6.10 Å². The molecule has 2 aliphatic rings. The van der Waals surface area contributed by atoms with Gasteiger partial charge in [0.25, 0.3) is 0 Å². The van der Waals surface area contributed by atoms with Gasteiger partial charge in [-0.25, -0.2) is 0 Å². The van der Waals surface area contributed by atoms with Gasteiger partial charge in [-0.1, -0.05) is 36.4 Å². The minimum Gasteiger partial charge on any atom is -0.388 e. The van der Waals surface area contributed by atoms with Crippen LogP contribution >= 0.6 is 0 Å². The van der Waals surface area contributed by atoms with E-state index in [1.54, 1.807) is 0 Å². The number of amides is 1. The minimum absolute atomic E-state index is 0.277. The Bertz CT molecular complexity index is 579. The summed E-state index contributed by atoms with van der Waals surface area (Å²) in [4.78, 5) is 16.5. The number of benzene rings is 1. The van der Waals surface area contributed by atoms with E-state index < -0.39 is 0 Å². The molecule has 1 spiro atoms. The summed E-state index contributed by atoms with van der Waals surface area (Å²) in [6, 6.07) is 9.90. The van der Waals surface area contributed by atoms with Gasteiger partial charge < -0.3 is 14.9 Å². The van der Waals surface area contributed by atoms with Crippen LogP contribution in [-0.2, 0) is 4.79 Å². The molecule has 0 saturated carbocycles. The molecule has 1 N–H and O–H groups in total. The second-order valence-corrected chi connectivity index (χ2v) is 7.62. The maximum Gasteiger partial charge on any atom is 0.222 e. The van der Waals surface area contributed by atoms with Crippen LogP contribution < -0.4 is 0 Å². The molecule has 2 aliphatic heterocycles. The summed E-state index contributed by atoms with van der Waals surface area (Å²) in [6.45, 7) is 8.40. The van der Waals surface area contributed by atoms with Crippen molar-refractivity contribution >= 4 is 5.91 Å². The molecule has 2 fully saturated rings. The Kier molecular flexibility index (Phi) is 5.92. The van der Waals surface area contributed by atoms with Crippen molar-refractivity contribution < 1.29 is 9.90 Å². The van der Waals surface area contributed by atoms with Crippen LogP contribution in [0.4, 0.5) is 0 Å². The molecule has 1 atom stereocenters. The van der Waals surface area contributed by atoms with Gasteiger partial charge in [-0.05, 0) is 49.8 Å². The largest absolute Gasteiger partial charge is 0.388 e. The molecule has 4 heteroatoms. The zero-order chi connectivity index (χ0) is 17.7. The average Bonchev–Trinajstić information content (AvgIpc) is 2.65. The van der Waals surface area contributed by atoms with Crippen LogP contribution in [0.25, 0.3) is 0 Å². The number of rotatable bonds is 6. The summed E-state index contributed by atoms with van der Waals surface area (Å²) >= 11 is 0. The quantitative estimate of drug-likeness (QED) is 0.808. The Morgan fingerprint density at radius 1 is 1.20 bits per heavy atom. The number of hydrogen-bond donors (Lipinski definition) is 1. The Morgan fingerprint density at radius 2 is 1.92 bits per heavy atom. The van der Waals surface area contributed by atoms with Crippen LogP contribution in [0.2, 0.25) is 0 Å². The first-order valence-electron chi connectivity index (χ1n) is 9.46. The number of carbonyl (C=O) groups excluding carboxylic acids is 1. The third-order valence-corrected chi connectivity index (χ3v) is 5.92. The third kappa shape index (κ3) is 4.50. The summed E-state index contributed by atoms with van der Waals surface area (Å²) < 4.78 is 0. The molecule has 1 aromatic carbocycles. The standard InChI is InChI=1S/C21H30N2O2/c1-2-13-23-17-21(10-8-20(23)25)11-15-22(16-12-21)14-9-19(24)18-6-4-3-5-7-18/h2-7,19,24H,1,8-17H2/t19-/m1/s1. The van der Waals surface area contributed by atoms with E-state index in [2.05, 4.69) is 11.5 Å². The Labute approximate surface area is 151 Å². The number of hydrogen-bond acceptors (Lipinski definition) is 3. The van der Waals surface area contributed by atoms with E-state index in [0.717, 1.165) is 57.4 Å². The molecular formula is C21H30N2O2. The van der Waals surface area contributed by atoms with Crippen LogP contribution in [0, 0.1) is 5.41 Å². The molecule has 136 valence electrons. The van der Waals surface area contributed by atoms with E-state index in [0.29, 0.717) is 18.4 Å². The van der Waals surface area contributed by atoms with Crippen molar-refractivity contribution in [1.29, 1.82) is 0 Å². The van der Waals surface area contributed by atoms with E-state index in [-0.39, 0.29) is 12.0 Å². The second-order valence-electron chi connectivity index (χ2n) is 7.62. The second kappa shape index (κ2) is 8.15. The van der Waals surface area contributed by atoms with Gasteiger partial charge >= 0.3 is 0 Å². The monoisotopic (exact) mass is 342 g/mol.